The molecule has 148 valence electrons. The average Bonchev–Trinajstić information content (AvgIpc) is 2.95. The smallest absolute Gasteiger partial charge is 0.254 e. The first kappa shape index (κ1) is 19.0. The fraction of sp³-hybridized carbons (Fsp3) is 0.435. The first-order chi connectivity index (χ1) is 13.8. The molecule has 2 aliphatic rings. The van der Waals surface area contributed by atoms with E-state index in [-0.39, 0.29) is 18.0 Å². The number of ether oxygens (including phenoxy) is 1. The van der Waals surface area contributed by atoms with E-state index >= 15 is 0 Å². The minimum absolute atomic E-state index is 0.0863. The van der Waals surface area contributed by atoms with Crippen LogP contribution in [0.1, 0.15) is 47.6 Å². The van der Waals surface area contributed by atoms with Gasteiger partial charge in [0.15, 0.2) is 0 Å². The van der Waals surface area contributed by atoms with Crippen LogP contribution in [0.3, 0.4) is 0 Å². The van der Waals surface area contributed by atoms with Crippen molar-refractivity contribution < 1.29 is 9.53 Å². The number of carbonyl (C=O) groups is 1. The summed E-state index contributed by atoms with van der Waals surface area (Å²) in [5.74, 6) is 0.783. The monoisotopic (exact) mass is 379 g/mol. The van der Waals surface area contributed by atoms with Crippen LogP contribution >= 0.6 is 0 Å². The summed E-state index contributed by atoms with van der Waals surface area (Å²) in [4.78, 5) is 15.8. The van der Waals surface area contributed by atoms with E-state index in [2.05, 4.69) is 34.5 Å². The van der Waals surface area contributed by atoms with Gasteiger partial charge < -0.3 is 20.7 Å². The van der Waals surface area contributed by atoms with Crippen molar-refractivity contribution in [2.24, 2.45) is 5.73 Å². The lowest BCUT2D eigenvalue weighted by Gasteiger charge is -2.31. The lowest BCUT2D eigenvalue weighted by molar-refractivity contribution is 0.0649. The summed E-state index contributed by atoms with van der Waals surface area (Å²) in [5, 5.41) is 3.69. The van der Waals surface area contributed by atoms with E-state index in [4.69, 9.17) is 10.5 Å². The molecule has 0 bridgehead atoms. The van der Waals surface area contributed by atoms with Crippen LogP contribution in [0.5, 0.6) is 5.75 Å². The van der Waals surface area contributed by atoms with Gasteiger partial charge in [0.2, 0.25) is 0 Å². The highest BCUT2D eigenvalue weighted by Crippen LogP contribution is 2.40. The zero-order chi connectivity index (χ0) is 19.3. The van der Waals surface area contributed by atoms with E-state index in [1.54, 1.807) is 0 Å². The van der Waals surface area contributed by atoms with E-state index in [1.807, 2.05) is 30.3 Å². The molecule has 4 rings (SSSR count). The van der Waals surface area contributed by atoms with Gasteiger partial charge in [0.25, 0.3) is 5.91 Å². The van der Waals surface area contributed by atoms with Crippen LogP contribution in [0.4, 0.5) is 0 Å². The molecule has 1 amide bonds. The Hall–Kier alpha value is -2.37. The number of likely N-dealkylation sites (tertiary alicyclic amines) is 1. The van der Waals surface area contributed by atoms with Crippen LogP contribution in [0.2, 0.25) is 0 Å². The van der Waals surface area contributed by atoms with Crippen molar-refractivity contribution in [1.29, 1.82) is 0 Å². The van der Waals surface area contributed by atoms with Gasteiger partial charge >= 0.3 is 0 Å². The van der Waals surface area contributed by atoms with Crippen LogP contribution in [0, 0.1) is 0 Å². The lowest BCUT2D eigenvalue weighted by atomic mass is 10.0. The predicted molar refractivity (Wildman–Crippen MR) is 110 cm³/mol. The molecule has 3 N–H and O–H groups in total. The number of benzene rings is 2. The van der Waals surface area contributed by atoms with Crippen molar-refractivity contribution in [3.8, 4) is 5.75 Å². The standard InChI is InChI=1S/C23H29N3O2/c24-12-14-28-19-10-6-9-18(15-19)23(27)26-21-11-4-5-13-25-20(21)16-22(26)17-7-2-1-3-8-17/h1-3,6-10,15,20-22,25H,4-5,11-14,16,24H2/t20-,21+,22+/m1/s1. The summed E-state index contributed by atoms with van der Waals surface area (Å²) in [6.45, 7) is 1.94. The quantitative estimate of drug-likeness (QED) is 0.838. The molecule has 0 spiro atoms. The third-order valence-corrected chi connectivity index (χ3v) is 5.85. The maximum absolute atomic E-state index is 13.6. The Morgan fingerprint density at radius 2 is 2.00 bits per heavy atom. The normalized spacial score (nSPS) is 24.5. The van der Waals surface area contributed by atoms with Crippen LogP contribution in [-0.2, 0) is 0 Å². The predicted octanol–water partition coefficient (Wildman–Crippen LogP) is 3.12. The fourth-order valence-electron chi connectivity index (χ4n) is 4.57. The highest BCUT2D eigenvalue weighted by molar-refractivity contribution is 5.95. The van der Waals surface area contributed by atoms with Crippen LogP contribution in [0.25, 0.3) is 0 Å². The highest BCUT2D eigenvalue weighted by Gasteiger charge is 2.44. The summed E-state index contributed by atoms with van der Waals surface area (Å²) in [7, 11) is 0. The Labute approximate surface area is 166 Å². The Bertz CT molecular complexity index is 795. The Balaban J connectivity index is 1.65. The zero-order valence-electron chi connectivity index (χ0n) is 16.2. The van der Waals surface area contributed by atoms with E-state index in [0.29, 0.717) is 30.5 Å². The molecule has 0 radical (unpaired) electrons. The van der Waals surface area contributed by atoms with Crippen molar-refractivity contribution in [2.45, 2.75) is 43.8 Å². The molecule has 0 aromatic heterocycles. The molecule has 2 heterocycles. The van der Waals surface area contributed by atoms with Gasteiger partial charge in [0, 0.05) is 24.2 Å². The molecular weight excluding hydrogens is 350 g/mol. The van der Waals surface area contributed by atoms with E-state index in [9.17, 15) is 4.79 Å². The SMILES string of the molecule is NCCOc1cccc(C(=O)N2[C@H](c3ccccc3)C[C@H]3NCCCC[C@@H]32)c1. The number of carbonyl (C=O) groups excluding carboxylic acids is 1. The van der Waals surface area contributed by atoms with Crippen molar-refractivity contribution in [3.63, 3.8) is 0 Å². The van der Waals surface area contributed by atoms with Gasteiger partial charge in [-0.25, -0.2) is 0 Å². The largest absolute Gasteiger partial charge is 0.492 e. The van der Waals surface area contributed by atoms with Gasteiger partial charge in [-0.3, -0.25) is 4.79 Å². The molecule has 2 fully saturated rings. The third kappa shape index (κ3) is 3.91. The first-order valence-corrected chi connectivity index (χ1v) is 10.3. The number of nitrogens with two attached hydrogens (primary N) is 1. The summed E-state index contributed by atoms with van der Waals surface area (Å²) >= 11 is 0. The average molecular weight is 380 g/mol. The van der Waals surface area contributed by atoms with Gasteiger partial charge in [-0.05, 0) is 49.6 Å². The second-order valence-corrected chi connectivity index (χ2v) is 7.66. The Morgan fingerprint density at radius 3 is 2.82 bits per heavy atom. The molecule has 5 heteroatoms. The topological polar surface area (TPSA) is 67.6 Å². The van der Waals surface area contributed by atoms with Gasteiger partial charge in [0.05, 0.1) is 6.04 Å². The van der Waals surface area contributed by atoms with Crippen molar-refractivity contribution in [1.82, 2.24) is 10.2 Å². The Morgan fingerprint density at radius 1 is 1.14 bits per heavy atom. The number of hydrogen-bond donors (Lipinski definition) is 2. The summed E-state index contributed by atoms with van der Waals surface area (Å²) < 4.78 is 5.64. The van der Waals surface area contributed by atoms with Gasteiger partial charge in [-0.15, -0.1) is 0 Å². The molecule has 0 aliphatic carbocycles. The highest BCUT2D eigenvalue weighted by atomic mass is 16.5. The summed E-state index contributed by atoms with van der Waals surface area (Å²) in [6, 6.07) is 18.6. The zero-order valence-corrected chi connectivity index (χ0v) is 16.2. The Kier molecular flexibility index (Phi) is 5.93. The number of hydrogen-bond acceptors (Lipinski definition) is 4. The number of rotatable bonds is 5. The van der Waals surface area contributed by atoms with E-state index < -0.39 is 0 Å². The van der Waals surface area contributed by atoms with Crippen LogP contribution < -0.4 is 15.8 Å². The lowest BCUT2D eigenvalue weighted by Crippen LogP contribution is -2.44. The number of nitrogens with zero attached hydrogens (tertiary/aromatic N) is 1. The van der Waals surface area contributed by atoms with Gasteiger partial charge in [-0.1, -0.05) is 42.8 Å². The minimum atomic E-state index is 0.0863. The molecule has 0 unspecified atom stereocenters. The third-order valence-electron chi connectivity index (χ3n) is 5.85. The van der Waals surface area contributed by atoms with Gasteiger partial charge in [-0.2, -0.15) is 0 Å². The molecular formula is C23H29N3O2. The van der Waals surface area contributed by atoms with Crippen molar-refractivity contribution in [2.75, 3.05) is 19.7 Å². The van der Waals surface area contributed by atoms with E-state index in [1.165, 1.54) is 12.0 Å². The molecule has 3 atom stereocenters. The second kappa shape index (κ2) is 8.76. The molecule has 28 heavy (non-hydrogen) atoms. The van der Waals surface area contributed by atoms with Crippen molar-refractivity contribution in [3.05, 3.63) is 65.7 Å². The van der Waals surface area contributed by atoms with E-state index in [0.717, 1.165) is 25.8 Å². The molecule has 5 nitrogen and oxygen atoms in total. The molecule has 2 saturated heterocycles. The molecule has 2 aliphatic heterocycles. The molecule has 2 aromatic carbocycles. The molecule has 0 saturated carbocycles. The number of fused-ring (bicyclic) bond motifs is 1. The summed E-state index contributed by atoms with van der Waals surface area (Å²) in [6.07, 6.45) is 4.34. The number of nitrogens with one attached hydrogen (secondary N) is 1. The molecule has 2 aromatic rings. The minimum Gasteiger partial charge on any atom is -0.492 e. The van der Waals surface area contributed by atoms with Gasteiger partial charge in [0.1, 0.15) is 12.4 Å². The summed E-state index contributed by atoms with van der Waals surface area (Å²) in [5.41, 5.74) is 7.43. The van der Waals surface area contributed by atoms with Crippen LogP contribution in [0.15, 0.2) is 54.6 Å². The maximum Gasteiger partial charge on any atom is 0.254 e. The fourth-order valence-corrected chi connectivity index (χ4v) is 4.57. The first-order valence-electron chi connectivity index (χ1n) is 10.3. The second-order valence-electron chi connectivity index (χ2n) is 7.66. The van der Waals surface area contributed by atoms with Crippen LogP contribution in [-0.4, -0.2) is 42.6 Å². The number of amides is 1. The van der Waals surface area contributed by atoms with Crippen molar-refractivity contribution >= 4 is 5.91 Å². The maximum atomic E-state index is 13.6.